The average Bonchev–Trinajstić information content (AvgIpc) is 2.43. The first-order valence-electron chi connectivity index (χ1n) is 6.14. The van der Waals surface area contributed by atoms with Crippen LogP contribution < -0.4 is 5.32 Å². The highest BCUT2D eigenvalue weighted by Crippen LogP contribution is 2.11. The fraction of sp³-hybridized carbons (Fsp3) is 0.846. The van der Waals surface area contributed by atoms with Crippen LogP contribution in [0, 0.1) is 12.3 Å². The first-order valence-corrected chi connectivity index (χ1v) is 6.14. The van der Waals surface area contributed by atoms with Gasteiger partial charge in [-0.3, -0.25) is 0 Å². The van der Waals surface area contributed by atoms with Gasteiger partial charge in [0.15, 0.2) is 0 Å². The maximum atomic E-state index is 5.36. The lowest BCUT2D eigenvalue weighted by Crippen LogP contribution is -2.38. The van der Waals surface area contributed by atoms with E-state index in [1.165, 1.54) is 32.4 Å². The van der Waals surface area contributed by atoms with E-state index in [0.29, 0.717) is 12.1 Å². The summed E-state index contributed by atoms with van der Waals surface area (Å²) in [5.41, 5.74) is 0. The van der Waals surface area contributed by atoms with E-state index in [1.807, 2.05) is 0 Å². The normalized spacial score (nSPS) is 25.5. The molecule has 2 heteroatoms. The zero-order valence-corrected chi connectivity index (χ0v) is 10.1. The van der Waals surface area contributed by atoms with Crippen molar-refractivity contribution in [3.8, 4) is 12.3 Å². The number of hydrogen-bond acceptors (Lipinski definition) is 2. The number of nitrogens with zero attached hydrogens (tertiary/aromatic N) is 1. The number of rotatable bonds is 4. The molecule has 0 aliphatic carbocycles. The van der Waals surface area contributed by atoms with Gasteiger partial charge in [-0.2, -0.15) is 0 Å². The highest BCUT2D eigenvalue weighted by atomic mass is 15.1. The van der Waals surface area contributed by atoms with Gasteiger partial charge in [0, 0.05) is 18.5 Å². The second kappa shape index (κ2) is 6.87. The lowest BCUT2D eigenvalue weighted by atomic mass is 10.1. The Morgan fingerprint density at radius 1 is 1.47 bits per heavy atom. The molecule has 86 valence electrons. The van der Waals surface area contributed by atoms with Crippen molar-refractivity contribution in [3.63, 3.8) is 0 Å². The van der Waals surface area contributed by atoms with Crippen LogP contribution >= 0.6 is 0 Å². The number of nitrogens with one attached hydrogen (secondary N) is 1. The summed E-state index contributed by atoms with van der Waals surface area (Å²) in [5, 5.41) is 3.70. The summed E-state index contributed by atoms with van der Waals surface area (Å²) in [6.07, 6.45) is 11.2. The third-order valence-electron chi connectivity index (χ3n) is 3.28. The summed E-state index contributed by atoms with van der Waals surface area (Å²) in [4.78, 5) is 2.42. The monoisotopic (exact) mass is 208 g/mol. The van der Waals surface area contributed by atoms with Gasteiger partial charge in [0.1, 0.15) is 0 Å². The van der Waals surface area contributed by atoms with E-state index in [1.54, 1.807) is 0 Å². The van der Waals surface area contributed by atoms with Gasteiger partial charge in [-0.25, -0.2) is 0 Å². The first kappa shape index (κ1) is 12.5. The van der Waals surface area contributed by atoms with Crippen LogP contribution in [0.3, 0.4) is 0 Å². The minimum Gasteiger partial charge on any atom is -0.310 e. The highest BCUT2D eigenvalue weighted by molar-refractivity contribution is 4.90. The van der Waals surface area contributed by atoms with Gasteiger partial charge in [-0.15, -0.1) is 12.3 Å². The predicted molar refractivity (Wildman–Crippen MR) is 65.8 cm³/mol. The molecule has 0 amide bonds. The quantitative estimate of drug-likeness (QED) is 0.710. The molecule has 1 aliphatic rings. The lowest BCUT2D eigenvalue weighted by Gasteiger charge is -2.22. The molecule has 1 rings (SSSR count). The van der Waals surface area contributed by atoms with E-state index in [2.05, 4.69) is 30.1 Å². The molecule has 0 bridgehead atoms. The standard InChI is InChI=1S/C13H24N2/c1-4-7-12(5-2)14-13-8-6-10-15(3)11-9-13/h1,12-14H,5-11H2,2-3H3. The molecule has 2 atom stereocenters. The lowest BCUT2D eigenvalue weighted by molar-refractivity contribution is 0.337. The third-order valence-corrected chi connectivity index (χ3v) is 3.28. The number of likely N-dealkylation sites (tertiary alicyclic amines) is 1. The van der Waals surface area contributed by atoms with E-state index in [0.717, 1.165) is 12.8 Å². The Bertz CT molecular complexity index is 207. The van der Waals surface area contributed by atoms with Crippen LogP contribution in [0.1, 0.15) is 39.0 Å². The fourth-order valence-electron chi connectivity index (χ4n) is 2.20. The summed E-state index contributed by atoms with van der Waals surface area (Å²) in [6.45, 7) is 4.66. The highest BCUT2D eigenvalue weighted by Gasteiger charge is 2.16. The molecule has 0 saturated carbocycles. The predicted octanol–water partition coefficient (Wildman–Crippen LogP) is 1.86. The van der Waals surface area contributed by atoms with Crippen molar-refractivity contribution in [2.45, 2.75) is 51.1 Å². The zero-order valence-electron chi connectivity index (χ0n) is 10.1. The largest absolute Gasteiger partial charge is 0.310 e. The molecule has 0 spiro atoms. The van der Waals surface area contributed by atoms with E-state index >= 15 is 0 Å². The van der Waals surface area contributed by atoms with Gasteiger partial charge in [-0.05, 0) is 45.8 Å². The van der Waals surface area contributed by atoms with Crippen LogP contribution in [0.5, 0.6) is 0 Å². The SMILES string of the molecule is C#CCC(CC)NC1CCCN(C)CC1. The molecule has 15 heavy (non-hydrogen) atoms. The Balaban J connectivity index is 2.33. The Morgan fingerprint density at radius 3 is 2.93 bits per heavy atom. The van der Waals surface area contributed by atoms with Gasteiger partial charge >= 0.3 is 0 Å². The zero-order chi connectivity index (χ0) is 11.1. The smallest absolute Gasteiger partial charge is 0.0240 e. The molecule has 0 aromatic rings. The molecule has 2 unspecified atom stereocenters. The van der Waals surface area contributed by atoms with Gasteiger partial charge in [0.2, 0.25) is 0 Å². The summed E-state index contributed by atoms with van der Waals surface area (Å²) >= 11 is 0. The molecule has 0 aromatic heterocycles. The van der Waals surface area contributed by atoms with Crippen molar-refractivity contribution in [2.75, 3.05) is 20.1 Å². The Hall–Kier alpha value is -0.520. The summed E-state index contributed by atoms with van der Waals surface area (Å²) < 4.78 is 0. The first-order chi connectivity index (χ1) is 7.26. The minimum atomic E-state index is 0.517. The van der Waals surface area contributed by atoms with Crippen LogP contribution in [-0.2, 0) is 0 Å². The molecular weight excluding hydrogens is 184 g/mol. The molecule has 0 radical (unpaired) electrons. The number of terminal acetylenes is 1. The fourth-order valence-corrected chi connectivity index (χ4v) is 2.20. The maximum Gasteiger partial charge on any atom is 0.0240 e. The van der Waals surface area contributed by atoms with Crippen molar-refractivity contribution in [1.82, 2.24) is 10.2 Å². The van der Waals surface area contributed by atoms with Crippen LogP contribution in [0.2, 0.25) is 0 Å². The van der Waals surface area contributed by atoms with Crippen LogP contribution in [0.25, 0.3) is 0 Å². The van der Waals surface area contributed by atoms with E-state index < -0.39 is 0 Å². The second-order valence-corrected chi connectivity index (χ2v) is 4.61. The topological polar surface area (TPSA) is 15.3 Å². The minimum absolute atomic E-state index is 0.517. The van der Waals surface area contributed by atoms with Crippen LogP contribution in [-0.4, -0.2) is 37.1 Å². The maximum absolute atomic E-state index is 5.36. The Labute approximate surface area is 94.4 Å². The molecule has 1 fully saturated rings. The summed E-state index contributed by atoms with van der Waals surface area (Å²) in [7, 11) is 2.21. The van der Waals surface area contributed by atoms with E-state index in [-0.39, 0.29) is 0 Å². The molecule has 1 saturated heterocycles. The Kier molecular flexibility index (Phi) is 5.75. The molecule has 2 nitrogen and oxygen atoms in total. The molecular formula is C13H24N2. The van der Waals surface area contributed by atoms with E-state index in [4.69, 9.17) is 6.42 Å². The number of hydrogen-bond donors (Lipinski definition) is 1. The van der Waals surface area contributed by atoms with Crippen LogP contribution in [0.4, 0.5) is 0 Å². The summed E-state index contributed by atoms with van der Waals surface area (Å²) in [5.74, 6) is 2.76. The van der Waals surface area contributed by atoms with Gasteiger partial charge < -0.3 is 10.2 Å². The second-order valence-electron chi connectivity index (χ2n) is 4.61. The van der Waals surface area contributed by atoms with E-state index in [9.17, 15) is 0 Å². The van der Waals surface area contributed by atoms with Crippen molar-refractivity contribution in [2.24, 2.45) is 0 Å². The van der Waals surface area contributed by atoms with Crippen molar-refractivity contribution < 1.29 is 0 Å². The average molecular weight is 208 g/mol. The van der Waals surface area contributed by atoms with Gasteiger partial charge in [0.05, 0.1) is 0 Å². The molecule has 1 aliphatic heterocycles. The molecule has 1 heterocycles. The van der Waals surface area contributed by atoms with Crippen molar-refractivity contribution >= 4 is 0 Å². The Morgan fingerprint density at radius 2 is 2.27 bits per heavy atom. The van der Waals surface area contributed by atoms with Gasteiger partial charge in [0.25, 0.3) is 0 Å². The van der Waals surface area contributed by atoms with Gasteiger partial charge in [-0.1, -0.05) is 6.92 Å². The summed E-state index contributed by atoms with van der Waals surface area (Å²) in [6, 6.07) is 1.19. The van der Waals surface area contributed by atoms with Crippen molar-refractivity contribution in [3.05, 3.63) is 0 Å². The van der Waals surface area contributed by atoms with Crippen LogP contribution in [0.15, 0.2) is 0 Å². The molecule has 0 aromatic carbocycles. The third kappa shape index (κ3) is 4.68. The van der Waals surface area contributed by atoms with Crippen molar-refractivity contribution in [1.29, 1.82) is 0 Å². The molecule has 1 N–H and O–H groups in total.